The van der Waals surface area contributed by atoms with Gasteiger partial charge in [0.1, 0.15) is 0 Å². The lowest BCUT2D eigenvalue weighted by Gasteiger charge is -2.15. The molecule has 1 aliphatic heterocycles. The minimum Gasteiger partial charge on any atom is -0.489 e. The third kappa shape index (κ3) is 4.64. The number of carbonyl (C=O) groups excluding carboxylic acids is 2. The molecular formula is C19H17Cl2NO5. The van der Waals surface area contributed by atoms with E-state index in [1.807, 2.05) is 0 Å². The van der Waals surface area contributed by atoms with Crippen LogP contribution in [0.25, 0.3) is 0 Å². The van der Waals surface area contributed by atoms with Crippen molar-refractivity contribution in [2.75, 3.05) is 18.5 Å². The zero-order chi connectivity index (χ0) is 19.4. The predicted molar refractivity (Wildman–Crippen MR) is 102 cm³/mol. The van der Waals surface area contributed by atoms with Crippen molar-refractivity contribution >= 4 is 40.8 Å². The smallest absolute Gasteiger partial charge is 0.339 e. The lowest BCUT2D eigenvalue weighted by atomic mass is 10.2. The van der Waals surface area contributed by atoms with E-state index in [2.05, 4.69) is 5.32 Å². The van der Waals surface area contributed by atoms with Gasteiger partial charge >= 0.3 is 5.97 Å². The topological polar surface area (TPSA) is 73.9 Å². The summed E-state index contributed by atoms with van der Waals surface area (Å²) in [7, 11) is 0. The summed E-state index contributed by atoms with van der Waals surface area (Å²) in [5, 5.41) is 3.25. The second kappa shape index (κ2) is 8.50. The molecule has 0 fully saturated rings. The lowest BCUT2D eigenvalue weighted by molar-refractivity contribution is -0.123. The van der Waals surface area contributed by atoms with Gasteiger partial charge in [-0.1, -0.05) is 35.3 Å². The molecule has 0 aromatic heterocycles. The largest absolute Gasteiger partial charge is 0.489 e. The molecule has 1 amide bonds. The molecule has 0 spiro atoms. The van der Waals surface area contributed by atoms with Crippen LogP contribution in [0.1, 0.15) is 23.7 Å². The van der Waals surface area contributed by atoms with E-state index in [9.17, 15) is 9.59 Å². The molecule has 8 heteroatoms. The second-order valence-corrected chi connectivity index (χ2v) is 6.67. The molecule has 1 N–H and O–H groups in total. The molecule has 0 bridgehead atoms. The molecule has 27 heavy (non-hydrogen) atoms. The number of hydrogen-bond acceptors (Lipinski definition) is 5. The summed E-state index contributed by atoms with van der Waals surface area (Å²) in [6, 6.07) is 9.70. The highest BCUT2D eigenvalue weighted by molar-refractivity contribution is 6.33. The number of carbonyl (C=O) groups is 2. The summed E-state index contributed by atoms with van der Waals surface area (Å²) in [6.45, 7) is 2.41. The number of rotatable bonds is 4. The van der Waals surface area contributed by atoms with E-state index in [4.69, 9.17) is 37.4 Å². The van der Waals surface area contributed by atoms with E-state index in [1.54, 1.807) is 24.3 Å². The van der Waals surface area contributed by atoms with Crippen LogP contribution in [-0.2, 0) is 9.53 Å². The SMILES string of the molecule is C[C@H](OC(=O)c1cc(Cl)c2c(c1)OCCCO2)C(=O)Nc1ccccc1Cl. The standard InChI is InChI=1S/C19H17Cl2NO5/c1-11(18(23)22-15-6-3-2-5-13(15)20)27-19(24)12-9-14(21)17-16(10-12)25-7-4-8-26-17/h2-3,5-6,9-11H,4,7-8H2,1H3,(H,22,23)/t11-/m0/s1. The number of hydrogen-bond donors (Lipinski definition) is 1. The Kier molecular flexibility index (Phi) is 6.08. The van der Waals surface area contributed by atoms with Crippen LogP contribution in [0.3, 0.4) is 0 Å². The molecule has 0 radical (unpaired) electrons. The van der Waals surface area contributed by atoms with Gasteiger partial charge < -0.3 is 19.5 Å². The Hall–Kier alpha value is -2.44. The van der Waals surface area contributed by atoms with Crippen molar-refractivity contribution in [3.8, 4) is 11.5 Å². The summed E-state index contributed by atoms with van der Waals surface area (Å²) in [6.07, 6.45) is -0.326. The van der Waals surface area contributed by atoms with Crippen molar-refractivity contribution < 1.29 is 23.8 Å². The summed E-state index contributed by atoms with van der Waals surface area (Å²) in [5.41, 5.74) is 0.604. The van der Waals surface area contributed by atoms with Gasteiger partial charge in [0.05, 0.1) is 34.5 Å². The highest BCUT2D eigenvalue weighted by Gasteiger charge is 2.23. The fourth-order valence-electron chi connectivity index (χ4n) is 2.43. The van der Waals surface area contributed by atoms with Gasteiger partial charge in [0.25, 0.3) is 5.91 Å². The molecule has 2 aromatic rings. The lowest BCUT2D eigenvalue weighted by Crippen LogP contribution is -2.30. The Morgan fingerprint density at radius 1 is 1.11 bits per heavy atom. The average Bonchev–Trinajstić information content (AvgIpc) is 2.89. The fraction of sp³-hybridized carbons (Fsp3) is 0.263. The van der Waals surface area contributed by atoms with Crippen LogP contribution >= 0.6 is 23.2 Å². The van der Waals surface area contributed by atoms with Gasteiger partial charge in [-0.05, 0) is 31.2 Å². The fourth-order valence-corrected chi connectivity index (χ4v) is 2.88. The number of esters is 1. The van der Waals surface area contributed by atoms with Crippen molar-refractivity contribution in [2.45, 2.75) is 19.4 Å². The maximum absolute atomic E-state index is 12.4. The van der Waals surface area contributed by atoms with E-state index < -0.39 is 18.0 Å². The molecule has 1 heterocycles. The Morgan fingerprint density at radius 3 is 2.63 bits per heavy atom. The van der Waals surface area contributed by atoms with E-state index in [0.29, 0.717) is 41.8 Å². The molecule has 142 valence electrons. The molecule has 3 rings (SSSR count). The van der Waals surface area contributed by atoms with E-state index in [-0.39, 0.29) is 10.6 Å². The monoisotopic (exact) mass is 409 g/mol. The first-order valence-electron chi connectivity index (χ1n) is 8.31. The van der Waals surface area contributed by atoms with Crippen molar-refractivity contribution in [3.63, 3.8) is 0 Å². The number of para-hydroxylation sites is 1. The Labute approximate surface area is 166 Å². The van der Waals surface area contributed by atoms with Crippen molar-refractivity contribution in [2.24, 2.45) is 0 Å². The van der Waals surface area contributed by atoms with Gasteiger partial charge in [0.2, 0.25) is 0 Å². The van der Waals surface area contributed by atoms with Crippen LogP contribution in [0.15, 0.2) is 36.4 Å². The minimum absolute atomic E-state index is 0.168. The molecule has 1 aliphatic rings. The molecular weight excluding hydrogens is 393 g/mol. The summed E-state index contributed by atoms with van der Waals surface area (Å²) in [4.78, 5) is 24.7. The van der Waals surface area contributed by atoms with Crippen LogP contribution in [0, 0.1) is 0 Å². The average molecular weight is 410 g/mol. The van der Waals surface area contributed by atoms with Crippen LogP contribution in [0.2, 0.25) is 10.0 Å². The van der Waals surface area contributed by atoms with Gasteiger partial charge in [0, 0.05) is 6.42 Å². The number of benzene rings is 2. The van der Waals surface area contributed by atoms with Gasteiger partial charge in [-0.2, -0.15) is 0 Å². The number of nitrogens with one attached hydrogen (secondary N) is 1. The van der Waals surface area contributed by atoms with Gasteiger partial charge in [0.15, 0.2) is 17.6 Å². The van der Waals surface area contributed by atoms with Crippen molar-refractivity contribution in [3.05, 3.63) is 52.0 Å². The third-order valence-electron chi connectivity index (χ3n) is 3.82. The number of halogens is 2. The van der Waals surface area contributed by atoms with Crippen molar-refractivity contribution in [1.29, 1.82) is 0 Å². The van der Waals surface area contributed by atoms with Gasteiger partial charge in [-0.3, -0.25) is 4.79 Å². The van der Waals surface area contributed by atoms with Gasteiger partial charge in [-0.15, -0.1) is 0 Å². The zero-order valence-electron chi connectivity index (χ0n) is 14.5. The maximum Gasteiger partial charge on any atom is 0.339 e. The Bertz CT molecular complexity index is 871. The van der Waals surface area contributed by atoms with Gasteiger partial charge in [-0.25, -0.2) is 4.79 Å². The molecule has 0 saturated carbocycles. The predicted octanol–water partition coefficient (Wildman–Crippen LogP) is 4.34. The number of amides is 1. The maximum atomic E-state index is 12.4. The third-order valence-corrected chi connectivity index (χ3v) is 4.43. The number of anilines is 1. The summed E-state index contributed by atoms with van der Waals surface area (Å²) in [5.74, 6) is -0.429. The van der Waals surface area contributed by atoms with Crippen molar-refractivity contribution in [1.82, 2.24) is 0 Å². The summed E-state index contributed by atoms with van der Waals surface area (Å²) >= 11 is 12.2. The molecule has 6 nitrogen and oxygen atoms in total. The van der Waals surface area contributed by atoms with Crippen LogP contribution in [0.5, 0.6) is 11.5 Å². The van der Waals surface area contributed by atoms with Crippen LogP contribution in [0.4, 0.5) is 5.69 Å². The van der Waals surface area contributed by atoms with E-state index in [0.717, 1.165) is 0 Å². The normalized spacial score (nSPS) is 14.0. The van der Waals surface area contributed by atoms with Crippen LogP contribution < -0.4 is 14.8 Å². The first-order valence-corrected chi connectivity index (χ1v) is 9.07. The highest BCUT2D eigenvalue weighted by atomic mass is 35.5. The molecule has 0 saturated heterocycles. The molecule has 1 atom stereocenters. The Balaban J connectivity index is 1.69. The van der Waals surface area contributed by atoms with Crippen LogP contribution in [-0.4, -0.2) is 31.2 Å². The summed E-state index contributed by atoms with van der Waals surface area (Å²) < 4.78 is 16.3. The first-order chi connectivity index (χ1) is 13.0. The van der Waals surface area contributed by atoms with E-state index >= 15 is 0 Å². The zero-order valence-corrected chi connectivity index (χ0v) is 16.0. The molecule has 0 unspecified atom stereocenters. The first kappa shape index (κ1) is 19.3. The molecule has 2 aromatic carbocycles. The quantitative estimate of drug-likeness (QED) is 0.760. The minimum atomic E-state index is -1.04. The number of ether oxygens (including phenoxy) is 3. The molecule has 0 aliphatic carbocycles. The Morgan fingerprint density at radius 2 is 1.85 bits per heavy atom. The second-order valence-electron chi connectivity index (χ2n) is 5.85. The number of fused-ring (bicyclic) bond motifs is 1. The van der Waals surface area contributed by atoms with E-state index in [1.165, 1.54) is 19.1 Å². The highest BCUT2D eigenvalue weighted by Crippen LogP contribution is 2.38.